The number of benzene rings is 1. The van der Waals surface area contributed by atoms with Crippen molar-refractivity contribution in [2.24, 2.45) is 0 Å². The normalized spacial score (nSPS) is 10.7. The Morgan fingerprint density at radius 3 is 2.85 bits per heavy atom. The van der Waals surface area contributed by atoms with E-state index in [1.807, 2.05) is 0 Å². The first kappa shape index (κ1) is 14.6. The third kappa shape index (κ3) is 4.08. The minimum absolute atomic E-state index is 0.460. The number of pyridine rings is 1. The maximum absolute atomic E-state index is 10.6. The summed E-state index contributed by atoms with van der Waals surface area (Å²) in [7, 11) is 0. The quantitative estimate of drug-likeness (QED) is 0.827. The van der Waals surface area contributed by atoms with Crippen LogP contribution >= 0.6 is 27.5 Å². The number of aliphatic carboxylic acids is 1. The van der Waals surface area contributed by atoms with Gasteiger partial charge in [-0.2, -0.15) is 0 Å². The second kappa shape index (κ2) is 6.54. The Hall–Kier alpha value is -1.85. The molecule has 2 aromatic rings. The average Bonchev–Trinajstić information content (AvgIpc) is 2.39. The van der Waals surface area contributed by atoms with Crippen molar-refractivity contribution >= 4 is 39.6 Å². The summed E-state index contributed by atoms with van der Waals surface area (Å²) in [5.74, 6) is -0.0417. The minimum Gasteiger partial charge on any atom is -0.478 e. The lowest BCUT2D eigenvalue weighted by Crippen LogP contribution is -1.90. The summed E-state index contributed by atoms with van der Waals surface area (Å²) in [6, 6.07) is 6.91. The van der Waals surface area contributed by atoms with Crippen molar-refractivity contribution in [1.82, 2.24) is 4.98 Å². The molecule has 1 aromatic heterocycles. The van der Waals surface area contributed by atoms with Crippen molar-refractivity contribution in [3.05, 3.63) is 57.8 Å². The summed E-state index contributed by atoms with van der Waals surface area (Å²) in [5.41, 5.74) is 0.627. The zero-order valence-corrected chi connectivity index (χ0v) is 12.4. The SMILES string of the molecule is O=C(O)/C=C/c1cc(Br)ccc1Oc1cncc(Cl)c1. The van der Waals surface area contributed by atoms with Crippen LogP contribution in [0.2, 0.25) is 5.02 Å². The number of rotatable bonds is 4. The Labute approximate surface area is 128 Å². The van der Waals surface area contributed by atoms with Crippen LogP contribution in [0.3, 0.4) is 0 Å². The second-order valence-electron chi connectivity index (χ2n) is 3.79. The highest BCUT2D eigenvalue weighted by molar-refractivity contribution is 9.10. The molecule has 0 radical (unpaired) electrons. The van der Waals surface area contributed by atoms with Crippen LogP contribution in [0.4, 0.5) is 0 Å². The van der Waals surface area contributed by atoms with Crippen molar-refractivity contribution in [2.45, 2.75) is 0 Å². The largest absolute Gasteiger partial charge is 0.478 e. The summed E-state index contributed by atoms with van der Waals surface area (Å²) in [6.45, 7) is 0. The number of aromatic nitrogens is 1. The number of carbonyl (C=O) groups is 1. The molecule has 6 heteroatoms. The van der Waals surface area contributed by atoms with Crippen LogP contribution in [0.5, 0.6) is 11.5 Å². The van der Waals surface area contributed by atoms with Crippen molar-refractivity contribution in [1.29, 1.82) is 0 Å². The molecule has 0 aliphatic rings. The maximum Gasteiger partial charge on any atom is 0.328 e. The van der Waals surface area contributed by atoms with Gasteiger partial charge in [-0.05, 0) is 24.3 Å². The lowest BCUT2D eigenvalue weighted by molar-refractivity contribution is -0.131. The van der Waals surface area contributed by atoms with Gasteiger partial charge in [-0.15, -0.1) is 0 Å². The van der Waals surface area contributed by atoms with Gasteiger partial charge in [0.05, 0.1) is 11.2 Å². The fraction of sp³-hybridized carbons (Fsp3) is 0. The van der Waals surface area contributed by atoms with E-state index >= 15 is 0 Å². The molecule has 20 heavy (non-hydrogen) atoms. The fourth-order valence-electron chi connectivity index (χ4n) is 1.48. The molecule has 0 fully saturated rings. The zero-order valence-electron chi connectivity index (χ0n) is 10.1. The molecule has 102 valence electrons. The van der Waals surface area contributed by atoms with E-state index < -0.39 is 5.97 Å². The van der Waals surface area contributed by atoms with E-state index in [4.69, 9.17) is 21.4 Å². The molecule has 0 aliphatic heterocycles. The smallest absolute Gasteiger partial charge is 0.328 e. The lowest BCUT2D eigenvalue weighted by Gasteiger charge is -2.09. The molecule has 1 heterocycles. The van der Waals surface area contributed by atoms with Gasteiger partial charge in [-0.1, -0.05) is 27.5 Å². The summed E-state index contributed by atoms with van der Waals surface area (Å²) in [5, 5.41) is 9.15. The van der Waals surface area contributed by atoms with Crippen LogP contribution in [-0.4, -0.2) is 16.1 Å². The average molecular weight is 355 g/mol. The van der Waals surface area contributed by atoms with E-state index in [-0.39, 0.29) is 0 Å². The Morgan fingerprint density at radius 2 is 2.15 bits per heavy atom. The van der Waals surface area contributed by atoms with E-state index in [1.54, 1.807) is 24.3 Å². The topological polar surface area (TPSA) is 59.4 Å². The predicted molar refractivity (Wildman–Crippen MR) is 80.1 cm³/mol. The Balaban J connectivity index is 2.33. The molecular formula is C14H9BrClNO3. The number of nitrogens with zero attached hydrogens (tertiary/aromatic N) is 1. The molecule has 0 amide bonds. The van der Waals surface area contributed by atoms with Gasteiger partial charge < -0.3 is 9.84 Å². The number of carboxylic acids is 1. The van der Waals surface area contributed by atoms with Crippen molar-refractivity contribution in [3.63, 3.8) is 0 Å². The van der Waals surface area contributed by atoms with Crippen LogP contribution < -0.4 is 4.74 Å². The van der Waals surface area contributed by atoms with E-state index in [9.17, 15) is 4.79 Å². The van der Waals surface area contributed by atoms with E-state index in [1.165, 1.54) is 18.5 Å². The van der Waals surface area contributed by atoms with Crippen molar-refractivity contribution in [3.8, 4) is 11.5 Å². The van der Waals surface area contributed by atoms with Gasteiger partial charge in [0.15, 0.2) is 0 Å². The summed E-state index contributed by atoms with van der Waals surface area (Å²) in [4.78, 5) is 14.5. The molecule has 0 atom stereocenters. The Kier molecular flexibility index (Phi) is 4.76. The molecule has 0 bridgehead atoms. The highest BCUT2D eigenvalue weighted by Crippen LogP contribution is 2.29. The summed E-state index contributed by atoms with van der Waals surface area (Å²) < 4.78 is 6.48. The van der Waals surface area contributed by atoms with Gasteiger partial charge in [-0.25, -0.2) is 4.79 Å². The molecular weight excluding hydrogens is 346 g/mol. The van der Waals surface area contributed by atoms with Gasteiger partial charge >= 0.3 is 5.97 Å². The van der Waals surface area contributed by atoms with Crippen LogP contribution in [0.25, 0.3) is 6.08 Å². The van der Waals surface area contributed by atoms with Crippen LogP contribution in [0, 0.1) is 0 Å². The molecule has 2 rings (SSSR count). The first-order chi connectivity index (χ1) is 9.54. The number of ether oxygens (including phenoxy) is 1. The van der Waals surface area contributed by atoms with Crippen molar-refractivity contribution < 1.29 is 14.6 Å². The highest BCUT2D eigenvalue weighted by atomic mass is 79.9. The second-order valence-corrected chi connectivity index (χ2v) is 5.15. The molecule has 0 saturated carbocycles. The lowest BCUT2D eigenvalue weighted by atomic mass is 10.2. The summed E-state index contributed by atoms with van der Waals surface area (Å²) >= 11 is 9.17. The highest BCUT2D eigenvalue weighted by Gasteiger charge is 2.05. The third-order valence-electron chi connectivity index (χ3n) is 2.28. The summed E-state index contributed by atoms with van der Waals surface area (Å²) in [6.07, 6.45) is 5.53. The van der Waals surface area contributed by atoms with Gasteiger partial charge in [0, 0.05) is 28.4 Å². The molecule has 0 saturated heterocycles. The minimum atomic E-state index is -1.03. The molecule has 0 aliphatic carbocycles. The monoisotopic (exact) mass is 353 g/mol. The van der Waals surface area contributed by atoms with Crippen LogP contribution in [0.15, 0.2) is 47.2 Å². The maximum atomic E-state index is 10.6. The Bertz CT molecular complexity index is 673. The number of hydrogen-bond donors (Lipinski definition) is 1. The molecule has 0 unspecified atom stereocenters. The molecule has 0 spiro atoms. The number of halogens is 2. The van der Waals surface area contributed by atoms with Crippen LogP contribution in [0.1, 0.15) is 5.56 Å². The predicted octanol–water partition coefficient (Wildman–Crippen LogP) is 4.39. The van der Waals surface area contributed by atoms with Gasteiger partial charge in [0.1, 0.15) is 11.5 Å². The standard InChI is InChI=1S/C14H9BrClNO3/c15-10-2-3-13(9(5-10)1-4-14(18)19)20-12-6-11(16)7-17-8-12/h1-8H,(H,18,19)/b4-1+. The Morgan fingerprint density at radius 1 is 1.35 bits per heavy atom. The van der Waals surface area contributed by atoms with E-state index in [0.717, 1.165) is 10.5 Å². The first-order valence-electron chi connectivity index (χ1n) is 5.53. The first-order valence-corrected chi connectivity index (χ1v) is 6.70. The third-order valence-corrected chi connectivity index (χ3v) is 2.98. The van der Waals surface area contributed by atoms with Crippen molar-refractivity contribution in [2.75, 3.05) is 0 Å². The van der Waals surface area contributed by atoms with Gasteiger partial charge in [0.2, 0.25) is 0 Å². The molecule has 1 N–H and O–H groups in total. The van der Waals surface area contributed by atoms with Gasteiger partial charge in [0.25, 0.3) is 0 Å². The van der Waals surface area contributed by atoms with Gasteiger partial charge in [-0.3, -0.25) is 4.98 Å². The van der Waals surface area contributed by atoms with E-state index in [0.29, 0.717) is 22.1 Å². The fourth-order valence-corrected chi connectivity index (χ4v) is 2.02. The molecule has 1 aromatic carbocycles. The number of carboxylic acid groups (broad SMARTS) is 1. The molecule has 4 nitrogen and oxygen atoms in total. The number of hydrogen-bond acceptors (Lipinski definition) is 3. The zero-order chi connectivity index (χ0) is 14.5. The van der Waals surface area contributed by atoms with Crippen LogP contribution in [-0.2, 0) is 4.79 Å². The van der Waals surface area contributed by atoms with E-state index in [2.05, 4.69) is 20.9 Å².